The first-order valence-electron chi connectivity index (χ1n) is 11.5. The molecule has 2 aromatic carbocycles. The molecule has 0 bridgehead atoms. The van der Waals surface area contributed by atoms with E-state index in [4.69, 9.17) is 11.6 Å². The summed E-state index contributed by atoms with van der Waals surface area (Å²) in [6.45, 7) is 6.00. The van der Waals surface area contributed by atoms with Gasteiger partial charge in [-0.3, -0.25) is 24.1 Å². The van der Waals surface area contributed by atoms with Gasteiger partial charge in [-0.25, -0.2) is 0 Å². The van der Waals surface area contributed by atoms with Crippen molar-refractivity contribution >= 4 is 40.9 Å². The number of rotatable bonds is 7. The van der Waals surface area contributed by atoms with Gasteiger partial charge in [-0.2, -0.15) is 0 Å². The molecule has 0 saturated carbocycles. The van der Waals surface area contributed by atoms with Crippen LogP contribution >= 0.6 is 11.6 Å². The Morgan fingerprint density at radius 1 is 1.19 bits per heavy atom. The van der Waals surface area contributed by atoms with Crippen molar-refractivity contribution in [2.45, 2.75) is 38.8 Å². The van der Waals surface area contributed by atoms with Crippen LogP contribution in [0.2, 0.25) is 5.02 Å². The highest BCUT2D eigenvalue weighted by Gasteiger charge is 2.41. The van der Waals surface area contributed by atoms with Crippen molar-refractivity contribution in [1.29, 1.82) is 0 Å². The Hall–Kier alpha value is -3.91. The predicted octanol–water partition coefficient (Wildman–Crippen LogP) is 3.31. The highest BCUT2D eigenvalue weighted by Crippen LogP contribution is 2.25. The van der Waals surface area contributed by atoms with Gasteiger partial charge in [0.15, 0.2) is 0 Å². The molecule has 1 atom stereocenters. The molecule has 0 aromatic heterocycles. The van der Waals surface area contributed by atoms with E-state index in [0.717, 1.165) is 21.6 Å². The number of allylic oxidation sites excluding steroid dienone is 1. The molecule has 2 aliphatic rings. The molecule has 4 rings (SSSR count). The number of nitrogens with one attached hydrogen (secondary N) is 2. The van der Waals surface area contributed by atoms with Gasteiger partial charge in [0.1, 0.15) is 11.7 Å². The van der Waals surface area contributed by atoms with Gasteiger partial charge in [0.2, 0.25) is 11.8 Å². The topological polar surface area (TPSA) is 98.8 Å². The van der Waals surface area contributed by atoms with E-state index in [1.54, 1.807) is 30.1 Å². The minimum Gasteiger partial charge on any atom is -0.351 e. The molecule has 8 nitrogen and oxygen atoms in total. The van der Waals surface area contributed by atoms with E-state index in [9.17, 15) is 19.2 Å². The lowest BCUT2D eigenvalue weighted by molar-refractivity contribution is -0.146. The number of benzene rings is 2. The third-order valence-corrected chi connectivity index (χ3v) is 6.64. The summed E-state index contributed by atoms with van der Waals surface area (Å²) in [5, 5.41) is 6.22. The fraction of sp³-hybridized carbons (Fsp3) is 0.259. The zero-order valence-corrected chi connectivity index (χ0v) is 20.9. The molecule has 2 aliphatic heterocycles. The molecule has 0 aliphatic carbocycles. The highest BCUT2D eigenvalue weighted by molar-refractivity contribution is 6.31. The van der Waals surface area contributed by atoms with Crippen LogP contribution in [0.25, 0.3) is 0 Å². The largest absolute Gasteiger partial charge is 0.351 e. The lowest BCUT2D eigenvalue weighted by Gasteiger charge is -2.29. The molecule has 1 unspecified atom stereocenters. The van der Waals surface area contributed by atoms with Crippen LogP contribution in [-0.4, -0.2) is 46.5 Å². The first kappa shape index (κ1) is 25.2. The van der Waals surface area contributed by atoms with Gasteiger partial charge in [0, 0.05) is 36.1 Å². The average Bonchev–Trinajstić information content (AvgIpc) is 3.09. The second kappa shape index (κ2) is 10.4. The van der Waals surface area contributed by atoms with Crippen molar-refractivity contribution < 1.29 is 19.2 Å². The summed E-state index contributed by atoms with van der Waals surface area (Å²) in [4.78, 5) is 53.1. The Morgan fingerprint density at radius 2 is 1.97 bits per heavy atom. The maximum Gasteiger partial charge on any atom is 0.278 e. The molecule has 36 heavy (non-hydrogen) atoms. The van der Waals surface area contributed by atoms with Gasteiger partial charge in [-0.05, 0) is 54.7 Å². The number of likely N-dealkylation sites (N-methyl/N-ethyl adjacent to an activating group) is 1. The molecule has 1 fully saturated rings. The summed E-state index contributed by atoms with van der Waals surface area (Å²) in [6.07, 6.45) is 2.28. The molecule has 2 aromatic rings. The molecule has 0 spiro atoms. The quantitative estimate of drug-likeness (QED) is 0.561. The average molecular weight is 507 g/mol. The van der Waals surface area contributed by atoms with Gasteiger partial charge < -0.3 is 15.5 Å². The third-order valence-electron chi connectivity index (χ3n) is 6.23. The van der Waals surface area contributed by atoms with Crippen LogP contribution in [0.1, 0.15) is 29.5 Å². The van der Waals surface area contributed by atoms with Crippen LogP contribution in [0.15, 0.2) is 66.5 Å². The van der Waals surface area contributed by atoms with E-state index in [1.807, 2.05) is 31.2 Å². The standard InChI is InChI=1S/C27H27ClN4O4/c1-16-7-9-18(12-21(16)28)13-24(33)31(3)15-19-5-4-6-20(11-19)30-22-14-25(34)32(27(22)36)23-10-8-17(2)29-26(23)35/h4-7,9,11-12,14,23,30H,2,8,10,13,15H2,1,3H3,(H,29,35). The van der Waals surface area contributed by atoms with Gasteiger partial charge in [0.05, 0.1) is 6.42 Å². The lowest BCUT2D eigenvalue weighted by Crippen LogP contribution is -2.52. The SMILES string of the molecule is C=C1CCC(N2C(=O)C=C(Nc3cccc(CN(C)C(=O)Cc4ccc(C)c(Cl)c4)c3)C2=O)C(=O)N1. The Balaban J connectivity index is 1.39. The summed E-state index contributed by atoms with van der Waals surface area (Å²) >= 11 is 6.17. The number of amides is 4. The maximum absolute atomic E-state index is 12.9. The summed E-state index contributed by atoms with van der Waals surface area (Å²) < 4.78 is 0. The van der Waals surface area contributed by atoms with Gasteiger partial charge in [-0.15, -0.1) is 0 Å². The number of anilines is 1. The summed E-state index contributed by atoms with van der Waals surface area (Å²) in [5.41, 5.74) is 3.90. The first-order chi connectivity index (χ1) is 17.1. The number of carbonyl (C=O) groups excluding carboxylic acids is 4. The molecule has 9 heteroatoms. The number of nitrogens with zero attached hydrogens (tertiary/aromatic N) is 2. The van der Waals surface area contributed by atoms with Gasteiger partial charge >= 0.3 is 0 Å². The fourth-order valence-electron chi connectivity index (χ4n) is 4.20. The van der Waals surface area contributed by atoms with Gasteiger partial charge in [0.25, 0.3) is 11.8 Å². The van der Waals surface area contributed by atoms with Gasteiger partial charge in [-0.1, -0.05) is 42.4 Å². The number of aryl methyl sites for hydroxylation is 1. The van der Waals surface area contributed by atoms with Crippen LogP contribution < -0.4 is 10.6 Å². The number of halogens is 1. The minimum absolute atomic E-state index is 0.0587. The second-order valence-corrected chi connectivity index (χ2v) is 9.46. The molecule has 2 N–H and O–H groups in total. The molecule has 0 radical (unpaired) electrons. The molecular weight excluding hydrogens is 480 g/mol. The van der Waals surface area contributed by atoms with Crippen LogP contribution in [0.3, 0.4) is 0 Å². The number of carbonyl (C=O) groups is 4. The van der Waals surface area contributed by atoms with Crippen molar-refractivity contribution in [3.05, 3.63) is 88.2 Å². The van der Waals surface area contributed by atoms with Crippen LogP contribution in [0, 0.1) is 6.92 Å². The van der Waals surface area contributed by atoms with E-state index in [0.29, 0.717) is 35.8 Å². The normalized spacial score (nSPS) is 17.7. The number of imide groups is 1. The third kappa shape index (κ3) is 5.49. The maximum atomic E-state index is 12.9. The van der Waals surface area contributed by atoms with E-state index in [-0.39, 0.29) is 18.0 Å². The molecule has 2 heterocycles. The predicted molar refractivity (Wildman–Crippen MR) is 137 cm³/mol. The molecule has 186 valence electrons. The Bertz CT molecular complexity index is 1300. The van der Waals surface area contributed by atoms with Crippen LogP contribution in [-0.2, 0) is 32.1 Å². The van der Waals surface area contributed by atoms with E-state index in [2.05, 4.69) is 17.2 Å². The van der Waals surface area contributed by atoms with Crippen molar-refractivity contribution in [3.8, 4) is 0 Å². The first-order valence-corrected chi connectivity index (χ1v) is 11.9. The smallest absolute Gasteiger partial charge is 0.278 e. The lowest BCUT2D eigenvalue weighted by atomic mass is 10.0. The van der Waals surface area contributed by atoms with Crippen molar-refractivity contribution in [1.82, 2.24) is 15.1 Å². The van der Waals surface area contributed by atoms with E-state index in [1.165, 1.54) is 6.08 Å². The fourth-order valence-corrected chi connectivity index (χ4v) is 4.40. The number of hydrogen-bond acceptors (Lipinski definition) is 5. The second-order valence-electron chi connectivity index (χ2n) is 9.05. The van der Waals surface area contributed by atoms with Crippen LogP contribution in [0.5, 0.6) is 0 Å². The Morgan fingerprint density at radius 3 is 2.69 bits per heavy atom. The number of hydrogen-bond donors (Lipinski definition) is 2. The van der Waals surface area contributed by atoms with Crippen molar-refractivity contribution in [3.63, 3.8) is 0 Å². The molecular formula is C27H27ClN4O4. The molecule has 4 amide bonds. The monoisotopic (exact) mass is 506 g/mol. The van der Waals surface area contributed by atoms with E-state index >= 15 is 0 Å². The highest BCUT2D eigenvalue weighted by atomic mass is 35.5. The van der Waals surface area contributed by atoms with Crippen LogP contribution in [0.4, 0.5) is 5.69 Å². The van der Waals surface area contributed by atoms with Crippen molar-refractivity contribution in [2.24, 2.45) is 0 Å². The summed E-state index contributed by atoms with van der Waals surface area (Å²) in [7, 11) is 1.72. The minimum atomic E-state index is -0.861. The molecule has 1 saturated heterocycles. The van der Waals surface area contributed by atoms with E-state index < -0.39 is 23.8 Å². The number of piperidine rings is 1. The Labute approximate surface area is 214 Å². The zero-order chi connectivity index (χ0) is 26.0. The summed E-state index contributed by atoms with van der Waals surface area (Å²) in [5.74, 6) is -1.56. The Kier molecular flexibility index (Phi) is 7.26. The summed E-state index contributed by atoms with van der Waals surface area (Å²) in [6, 6.07) is 12.0. The zero-order valence-electron chi connectivity index (χ0n) is 20.1. The van der Waals surface area contributed by atoms with Crippen molar-refractivity contribution in [2.75, 3.05) is 12.4 Å².